The van der Waals surface area contributed by atoms with Gasteiger partial charge < -0.3 is 19.9 Å². The van der Waals surface area contributed by atoms with E-state index in [1.165, 1.54) is 12.8 Å². The third-order valence-electron chi connectivity index (χ3n) is 5.16. The van der Waals surface area contributed by atoms with Crippen LogP contribution in [0, 0.1) is 0 Å². The molecular weight excluding hydrogens is 340 g/mol. The van der Waals surface area contributed by atoms with E-state index in [2.05, 4.69) is 20.2 Å². The molecule has 1 aromatic heterocycles. The summed E-state index contributed by atoms with van der Waals surface area (Å²) in [5, 5.41) is 3.22. The van der Waals surface area contributed by atoms with Gasteiger partial charge in [-0.05, 0) is 55.8 Å². The van der Waals surface area contributed by atoms with E-state index in [4.69, 9.17) is 4.74 Å². The highest BCUT2D eigenvalue weighted by Crippen LogP contribution is 2.22. The number of para-hydroxylation sites is 1. The van der Waals surface area contributed by atoms with Crippen molar-refractivity contribution >= 4 is 16.9 Å². The number of hydrogen-bond acceptors (Lipinski definition) is 4. The molecular formula is C21H24N4O2. The van der Waals surface area contributed by atoms with Gasteiger partial charge in [0.05, 0.1) is 30.6 Å². The van der Waals surface area contributed by atoms with Gasteiger partial charge in [-0.15, -0.1) is 0 Å². The van der Waals surface area contributed by atoms with Gasteiger partial charge in [-0.2, -0.15) is 0 Å². The maximum Gasteiger partial charge on any atom is 0.254 e. The number of ether oxygens (including phenoxy) is 1. The van der Waals surface area contributed by atoms with Crippen molar-refractivity contribution in [1.82, 2.24) is 20.2 Å². The number of fused-ring (bicyclic) bond motifs is 1. The molecule has 2 aromatic carbocycles. The normalized spacial score (nSPS) is 15.7. The van der Waals surface area contributed by atoms with Gasteiger partial charge in [0.2, 0.25) is 0 Å². The number of hydrogen-bond donors (Lipinski definition) is 2. The van der Waals surface area contributed by atoms with Crippen LogP contribution in [0.15, 0.2) is 48.8 Å². The van der Waals surface area contributed by atoms with Crippen molar-refractivity contribution in [2.24, 2.45) is 0 Å². The minimum atomic E-state index is -0.104. The lowest BCUT2D eigenvalue weighted by molar-refractivity contribution is 0.0928. The Morgan fingerprint density at radius 2 is 2.00 bits per heavy atom. The number of H-pyrrole nitrogens is 1. The predicted octanol–water partition coefficient (Wildman–Crippen LogP) is 3.14. The zero-order valence-electron chi connectivity index (χ0n) is 15.4. The molecule has 0 saturated carbocycles. The number of benzene rings is 2. The van der Waals surface area contributed by atoms with Crippen molar-refractivity contribution in [2.45, 2.75) is 18.9 Å². The molecule has 3 aromatic rings. The molecule has 1 aliphatic heterocycles. The van der Waals surface area contributed by atoms with Gasteiger partial charge in [0.15, 0.2) is 0 Å². The fraction of sp³-hybridized carbons (Fsp3) is 0.333. The zero-order valence-corrected chi connectivity index (χ0v) is 15.4. The SMILES string of the molecule is COc1ccc(C(CN2CCCC2)NC(=O)c2cccc3[nH]cnc23)cc1. The van der Waals surface area contributed by atoms with E-state index in [-0.39, 0.29) is 11.9 Å². The number of imidazole rings is 1. The maximum atomic E-state index is 13.0. The van der Waals surface area contributed by atoms with E-state index in [1.807, 2.05) is 42.5 Å². The molecule has 1 saturated heterocycles. The fourth-order valence-corrected chi connectivity index (χ4v) is 3.68. The van der Waals surface area contributed by atoms with Crippen molar-refractivity contribution in [3.8, 4) is 5.75 Å². The van der Waals surface area contributed by atoms with E-state index in [0.717, 1.165) is 36.5 Å². The van der Waals surface area contributed by atoms with Gasteiger partial charge in [0, 0.05) is 6.54 Å². The number of amides is 1. The summed E-state index contributed by atoms with van der Waals surface area (Å²) in [5.74, 6) is 0.707. The van der Waals surface area contributed by atoms with Crippen LogP contribution in [0.2, 0.25) is 0 Å². The van der Waals surface area contributed by atoms with E-state index in [0.29, 0.717) is 11.1 Å². The molecule has 4 rings (SSSR count). The smallest absolute Gasteiger partial charge is 0.254 e. The molecule has 6 nitrogen and oxygen atoms in total. The number of nitrogens with zero attached hydrogens (tertiary/aromatic N) is 2. The van der Waals surface area contributed by atoms with Crippen LogP contribution in [0.5, 0.6) is 5.75 Å². The first-order valence-electron chi connectivity index (χ1n) is 9.34. The molecule has 140 valence electrons. The molecule has 1 fully saturated rings. The third-order valence-corrected chi connectivity index (χ3v) is 5.16. The molecule has 0 bridgehead atoms. The number of aromatic amines is 1. The largest absolute Gasteiger partial charge is 0.497 e. The lowest BCUT2D eigenvalue weighted by atomic mass is 10.0. The highest BCUT2D eigenvalue weighted by atomic mass is 16.5. The quantitative estimate of drug-likeness (QED) is 0.705. The molecule has 0 spiro atoms. The molecule has 0 radical (unpaired) electrons. The number of likely N-dealkylation sites (tertiary alicyclic amines) is 1. The summed E-state index contributed by atoms with van der Waals surface area (Å²) in [7, 11) is 1.66. The van der Waals surface area contributed by atoms with Crippen LogP contribution in [0.1, 0.15) is 34.8 Å². The van der Waals surface area contributed by atoms with E-state index >= 15 is 0 Å². The molecule has 1 atom stereocenters. The van der Waals surface area contributed by atoms with E-state index in [9.17, 15) is 4.79 Å². The number of nitrogens with one attached hydrogen (secondary N) is 2. The highest BCUT2D eigenvalue weighted by molar-refractivity contribution is 6.04. The fourth-order valence-electron chi connectivity index (χ4n) is 3.68. The Balaban J connectivity index is 1.59. The van der Waals surface area contributed by atoms with Crippen LogP contribution in [0.25, 0.3) is 11.0 Å². The standard InChI is InChI=1S/C21H24N4O2/c1-27-16-9-7-15(8-10-16)19(13-25-11-2-3-12-25)24-21(26)17-5-4-6-18-20(17)23-14-22-18/h4-10,14,19H,2-3,11-13H2,1H3,(H,22,23)(H,24,26). The molecule has 2 heterocycles. The first-order chi connectivity index (χ1) is 13.2. The second-order valence-corrected chi connectivity index (χ2v) is 6.91. The summed E-state index contributed by atoms with van der Waals surface area (Å²) in [6.07, 6.45) is 4.05. The Labute approximate surface area is 158 Å². The highest BCUT2D eigenvalue weighted by Gasteiger charge is 2.22. The zero-order chi connectivity index (χ0) is 18.6. The minimum absolute atomic E-state index is 0.0873. The average molecular weight is 364 g/mol. The minimum Gasteiger partial charge on any atom is -0.497 e. The summed E-state index contributed by atoms with van der Waals surface area (Å²) < 4.78 is 5.26. The van der Waals surface area contributed by atoms with Gasteiger partial charge in [-0.1, -0.05) is 18.2 Å². The summed E-state index contributed by atoms with van der Waals surface area (Å²) in [6.45, 7) is 2.96. The first kappa shape index (κ1) is 17.5. The van der Waals surface area contributed by atoms with Crippen molar-refractivity contribution in [2.75, 3.05) is 26.7 Å². The molecule has 1 amide bonds. The molecule has 27 heavy (non-hydrogen) atoms. The molecule has 1 unspecified atom stereocenters. The number of methoxy groups -OCH3 is 1. The number of aromatic nitrogens is 2. The van der Waals surface area contributed by atoms with Crippen molar-refractivity contribution in [3.63, 3.8) is 0 Å². The number of rotatable bonds is 6. The summed E-state index contributed by atoms with van der Waals surface area (Å²) in [6, 6.07) is 13.4. The van der Waals surface area contributed by atoms with Crippen molar-refractivity contribution in [3.05, 3.63) is 59.9 Å². The Morgan fingerprint density at radius 3 is 2.74 bits per heavy atom. The lowest BCUT2D eigenvalue weighted by Gasteiger charge is -2.25. The Morgan fingerprint density at radius 1 is 1.22 bits per heavy atom. The number of carbonyl (C=O) groups excluding carboxylic acids is 1. The van der Waals surface area contributed by atoms with Crippen LogP contribution in [0.3, 0.4) is 0 Å². The third kappa shape index (κ3) is 3.80. The summed E-state index contributed by atoms with van der Waals surface area (Å²) in [5.41, 5.74) is 3.23. The van der Waals surface area contributed by atoms with Crippen LogP contribution in [0.4, 0.5) is 0 Å². The van der Waals surface area contributed by atoms with Crippen LogP contribution < -0.4 is 10.1 Å². The van der Waals surface area contributed by atoms with E-state index < -0.39 is 0 Å². The van der Waals surface area contributed by atoms with Gasteiger partial charge in [0.1, 0.15) is 11.3 Å². The monoisotopic (exact) mass is 364 g/mol. The number of carbonyl (C=O) groups is 1. The van der Waals surface area contributed by atoms with E-state index in [1.54, 1.807) is 13.4 Å². The molecule has 2 N–H and O–H groups in total. The van der Waals surface area contributed by atoms with Crippen molar-refractivity contribution < 1.29 is 9.53 Å². The van der Waals surface area contributed by atoms with Crippen LogP contribution in [-0.2, 0) is 0 Å². The van der Waals surface area contributed by atoms with Crippen LogP contribution >= 0.6 is 0 Å². The maximum absolute atomic E-state index is 13.0. The summed E-state index contributed by atoms with van der Waals surface area (Å²) >= 11 is 0. The second-order valence-electron chi connectivity index (χ2n) is 6.91. The summed E-state index contributed by atoms with van der Waals surface area (Å²) in [4.78, 5) is 22.8. The Bertz CT molecular complexity index is 913. The molecule has 6 heteroatoms. The molecule has 1 aliphatic rings. The predicted molar refractivity (Wildman–Crippen MR) is 105 cm³/mol. The lowest BCUT2D eigenvalue weighted by Crippen LogP contribution is -2.37. The van der Waals surface area contributed by atoms with Gasteiger partial charge in [0.25, 0.3) is 5.91 Å². The van der Waals surface area contributed by atoms with Crippen molar-refractivity contribution in [1.29, 1.82) is 0 Å². The Hall–Kier alpha value is -2.86. The average Bonchev–Trinajstić information content (AvgIpc) is 3.38. The van der Waals surface area contributed by atoms with Crippen LogP contribution in [-0.4, -0.2) is 47.5 Å². The Kier molecular flexibility index (Phi) is 5.07. The van der Waals surface area contributed by atoms with Gasteiger partial charge in [-0.3, -0.25) is 4.79 Å². The second kappa shape index (κ2) is 7.80. The molecule has 0 aliphatic carbocycles. The van der Waals surface area contributed by atoms with Gasteiger partial charge >= 0.3 is 0 Å². The first-order valence-corrected chi connectivity index (χ1v) is 9.34. The topological polar surface area (TPSA) is 70.2 Å². The van der Waals surface area contributed by atoms with Gasteiger partial charge in [-0.25, -0.2) is 4.98 Å².